The molecule has 0 spiro atoms. The summed E-state index contributed by atoms with van der Waals surface area (Å²) in [6.07, 6.45) is 0. The first-order chi connectivity index (χ1) is 44.0. The number of phenolic OH excluding ortho intramolecular Hbond substituents is 2. The minimum Gasteiger partial charge on any atom is -0.508 e. The number of hydrogen-bond acceptors (Lipinski definition) is 8. The second kappa shape index (κ2) is 29.5. The second-order valence-corrected chi connectivity index (χ2v) is 27.2. The number of aromatic hydroxyl groups is 2. The molecular formula is C71H37Br8F4NO8. The topological polar surface area (TPSA) is 150 Å². The van der Waals surface area contributed by atoms with Gasteiger partial charge in [0.25, 0.3) is 0 Å². The summed E-state index contributed by atoms with van der Waals surface area (Å²) in [5.74, 6) is -2.76. The van der Waals surface area contributed by atoms with E-state index in [0.717, 1.165) is 58.2 Å². The Bertz CT molecular complexity index is 5320. The van der Waals surface area contributed by atoms with E-state index in [-0.39, 0.29) is 45.0 Å². The molecule has 0 aliphatic rings. The molecule has 14 rings (SSSR count). The zero-order chi connectivity index (χ0) is 65.7. The smallest absolute Gasteiger partial charge is 0.339 e. The van der Waals surface area contributed by atoms with Crippen molar-refractivity contribution in [3.05, 3.63) is 287 Å². The molecule has 1 heterocycles. The molecule has 1 aromatic heterocycles. The van der Waals surface area contributed by atoms with Gasteiger partial charge in [0.15, 0.2) is 46.1 Å². The van der Waals surface area contributed by atoms with E-state index in [2.05, 4.69) is 127 Å². The predicted octanol–water partition coefficient (Wildman–Crippen LogP) is 24.7. The van der Waals surface area contributed by atoms with Crippen molar-refractivity contribution in [1.29, 1.82) is 5.26 Å². The number of halogens is 12. The molecule has 13 aromatic carbocycles. The average Bonchev–Trinajstić information content (AvgIpc) is 0.756. The standard InChI is InChI=1S/C17H8Br2FNO.C17H9Br2FO3.C17H7Br2FO2.C10H6BrFO.C10H7BrO/c18-12-4-5-14-10(7-12)2-6-15(17(14)20)22-16-8-13(19)3-1-11(16)9-21;18-10-2-4-12-9(7-10)1-6-14(16(12)20)23-15-8-11(19)3-5-13(15)17(21)22;18-9-1-3-11-8(5-9)6-13-16(21)12-7-10(19)2-4-14(12)22-17(13)15(11)20;11-7-2-3-8-6(5-7)1-4-9(13)10(8)12;11-9-3-1-8-6-10(12)4-2-7(8)5-9/h1-8H;1-8H,(H,21,22);1-7H;1-5,13H;1-6,12H. The Kier molecular flexibility index (Phi) is 21.6. The van der Waals surface area contributed by atoms with Gasteiger partial charge in [-0.05, 0) is 184 Å². The Morgan fingerprint density at radius 2 is 0.804 bits per heavy atom. The summed E-state index contributed by atoms with van der Waals surface area (Å²) in [5.41, 5.74) is 0.436. The van der Waals surface area contributed by atoms with Crippen molar-refractivity contribution >= 4 is 209 Å². The van der Waals surface area contributed by atoms with Crippen LogP contribution in [0.3, 0.4) is 0 Å². The summed E-state index contributed by atoms with van der Waals surface area (Å²) < 4.78 is 80.7. The van der Waals surface area contributed by atoms with Crippen LogP contribution >= 0.6 is 127 Å². The van der Waals surface area contributed by atoms with Gasteiger partial charge in [0, 0.05) is 57.3 Å². The number of rotatable bonds is 5. The fourth-order valence-electron chi connectivity index (χ4n) is 9.37. The molecule has 0 saturated heterocycles. The summed E-state index contributed by atoms with van der Waals surface area (Å²) in [6, 6.07) is 60.0. The van der Waals surface area contributed by atoms with Crippen LogP contribution in [0.2, 0.25) is 0 Å². The number of hydrogen-bond donors (Lipinski definition) is 3. The van der Waals surface area contributed by atoms with Crippen LogP contribution in [0, 0.1) is 34.6 Å². The highest BCUT2D eigenvalue weighted by molar-refractivity contribution is 9.11. The van der Waals surface area contributed by atoms with Crippen molar-refractivity contribution in [2.24, 2.45) is 0 Å². The van der Waals surface area contributed by atoms with Crippen molar-refractivity contribution < 1.29 is 51.6 Å². The summed E-state index contributed by atoms with van der Waals surface area (Å²) in [5, 5.41) is 44.1. The van der Waals surface area contributed by atoms with E-state index < -0.39 is 29.2 Å². The van der Waals surface area contributed by atoms with Crippen LogP contribution in [0.4, 0.5) is 17.6 Å². The van der Waals surface area contributed by atoms with Gasteiger partial charge in [-0.1, -0.05) is 182 Å². The molecule has 458 valence electrons. The lowest BCUT2D eigenvalue weighted by molar-refractivity contribution is 0.0694. The Morgan fingerprint density at radius 3 is 1.37 bits per heavy atom. The molecule has 14 aromatic rings. The number of nitriles is 1. The number of nitrogens with zero attached hydrogens (tertiary/aromatic N) is 1. The van der Waals surface area contributed by atoms with Gasteiger partial charge >= 0.3 is 5.97 Å². The van der Waals surface area contributed by atoms with Crippen molar-refractivity contribution in [3.8, 4) is 40.6 Å². The molecule has 3 N–H and O–H groups in total. The Balaban J connectivity index is 0.000000129. The monoisotopic (exact) mass is 1740 g/mol. The van der Waals surface area contributed by atoms with Crippen molar-refractivity contribution in [2.45, 2.75) is 0 Å². The van der Waals surface area contributed by atoms with Crippen LogP contribution in [-0.2, 0) is 0 Å². The van der Waals surface area contributed by atoms with Crippen LogP contribution < -0.4 is 14.9 Å². The SMILES string of the molecule is N#Cc1ccc(Br)cc1Oc1ccc2cc(Br)ccc2c1F.O=C(O)c1ccc(Br)cc1Oc1ccc2cc(Br)ccc2c1F.O=c1c2cc(Br)ccc2oc2c(F)c3ccc(Br)cc3cc12.Oc1ccc2cc(Br)ccc2c1.Oc1ccc2cc(Br)ccc2c1F. The molecule has 0 saturated carbocycles. The number of carboxylic acid groups (broad SMARTS) is 1. The molecule has 21 heteroatoms. The van der Waals surface area contributed by atoms with Gasteiger partial charge in [-0.15, -0.1) is 0 Å². The van der Waals surface area contributed by atoms with E-state index in [1.54, 1.807) is 152 Å². The third kappa shape index (κ3) is 15.7. The van der Waals surface area contributed by atoms with Gasteiger partial charge in [0.1, 0.15) is 34.5 Å². The van der Waals surface area contributed by atoms with E-state index in [4.69, 9.17) is 24.3 Å². The van der Waals surface area contributed by atoms with Gasteiger partial charge in [0.05, 0.1) is 16.3 Å². The first-order valence-electron chi connectivity index (χ1n) is 26.7. The quantitative estimate of drug-likeness (QED) is 0.113. The number of benzene rings is 13. The zero-order valence-corrected chi connectivity index (χ0v) is 59.2. The number of aromatic carboxylic acids is 1. The first-order valence-corrected chi connectivity index (χ1v) is 33.1. The molecule has 92 heavy (non-hydrogen) atoms. The number of ether oxygens (including phenoxy) is 2. The van der Waals surface area contributed by atoms with Crippen molar-refractivity contribution in [3.63, 3.8) is 0 Å². The van der Waals surface area contributed by atoms with Gasteiger partial charge in [-0.25, -0.2) is 22.4 Å². The molecular weight excluding hydrogens is 1710 g/mol. The van der Waals surface area contributed by atoms with Crippen LogP contribution in [0.1, 0.15) is 15.9 Å². The maximum atomic E-state index is 14.7. The Labute approximate surface area is 587 Å². The molecule has 0 amide bonds. The Hall–Kier alpha value is -7.65. The summed E-state index contributed by atoms with van der Waals surface area (Å²) in [6.45, 7) is 0. The van der Waals surface area contributed by atoms with Crippen LogP contribution in [0.25, 0.3) is 75.8 Å². The number of carboxylic acids is 1. The summed E-state index contributed by atoms with van der Waals surface area (Å²) >= 11 is 26.6. The lowest BCUT2D eigenvalue weighted by Gasteiger charge is -2.11. The third-order valence-corrected chi connectivity index (χ3v) is 17.7. The molecule has 0 aliphatic carbocycles. The minimum absolute atomic E-state index is 0.00496. The second-order valence-electron chi connectivity index (χ2n) is 19.8. The molecule has 0 radical (unpaired) electrons. The first kappa shape index (κ1) is 67.2. The van der Waals surface area contributed by atoms with E-state index in [9.17, 15) is 37.4 Å². The lowest BCUT2D eigenvalue weighted by Crippen LogP contribution is -2.03. The molecule has 0 atom stereocenters. The van der Waals surface area contributed by atoms with E-state index in [1.807, 2.05) is 36.4 Å². The normalized spacial score (nSPS) is 10.8. The largest absolute Gasteiger partial charge is 0.508 e. The average molecular weight is 1750 g/mol. The fourth-order valence-corrected chi connectivity index (χ4v) is 12.3. The number of fused-ring (bicyclic) bond motifs is 7. The summed E-state index contributed by atoms with van der Waals surface area (Å²) in [7, 11) is 0. The molecule has 0 unspecified atom stereocenters. The van der Waals surface area contributed by atoms with Gasteiger partial charge in [0.2, 0.25) is 5.43 Å². The number of phenols is 2. The predicted molar refractivity (Wildman–Crippen MR) is 383 cm³/mol. The van der Waals surface area contributed by atoms with Crippen molar-refractivity contribution in [2.75, 3.05) is 0 Å². The third-order valence-electron chi connectivity index (χ3n) is 13.8. The zero-order valence-electron chi connectivity index (χ0n) is 46.5. The van der Waals surface area contributed by atoms with Crippen LogP contribution in [-0.4, -0.2) is 21.3 Å². The molecule has 0 bridgehead atoms. The highest BCUT2D eigenvalue weighted by atomic mass is 79.9. The van der Waals surface area contributed by atoms with E-state index >= 15 is 0 Å². The van der Waals surface area contributed by atoms with E-state index in [1.165, 1.54) is 24.3 Å². The van der Waals surface area contributed by atoms with Crippen LogP contribution in [0.15, 0.2) is 251 Å². The molecule has 9 nitrogen and oxygen atoms in total. The minimum atomic E-state index is -1.14. The molecule has 0 aliphatic heterocycles. The fraction of sp³-hybridized carbons (Fsp3) is 0. The Morgan fingerprint density at radius 1 is 0.391 bits per heavy atom. The van der Waals surface area contributed by atoms with Crippen molar-refractivity contribution in [1.82, 2.24) is 0 Å². The maximum Gasteiger partial charge on any atom is 0.339 e. The highest BCUT2D eigenvalue weighted by Crippen LogP contribution is 2.38. The van der Waals surface area contributed by atoms with Crippen LogP contribution in [0.5, 0.6) is 34.5 Å². The van der Waals surface area contributed by atoms with E-state index in [0.29, 0.717) is 59.4 Å². The van der Waals surface area contributed by atoms with Gasteiger partial charge < -0.3 is 29.2 Å². The molecule has 0 fully saturated rings. The lowest BCUT2D eigenvalue weighted by atomic mass is 10.1. The number of carbonyl (C=O) groups is 1. The van der Waals surface area contributed by atoms with Gasteiger partial charge in [-0.3, -0.25) is 4.79 Å². The maximum absolute atomic E-state index is 14.7. The highest BCUT2D eigenvalue weighted by Gasteiger charge is 2.19. The van der Waals surface area contributed by atoms with Gasteiger partial charge in [-0.2, -0.15) is 5.26 Å². The summed E-state index contributed by atoms with van der Waals surface area (Å²) in [4.78, 5) is 23.9.